The standard InChI is InChI=1S/C19H33P.C9H21P/c1-3-7-17(8-4-1)20(18-9-5-2-6-10-18)19-13-11-16(15-19)12-14-19;1-4-7-10(8-5-2)9-6-3/h16-18H,1-15H2;4-9H2,1-3H3. The lowest BCUT2D eigenvalue weighted by atomic mass is 9.99. The fourth-order valence-corrected chi connectivity index (χ4v) is 15.4. The first-order chi connectivity index (χ1) is 14.7. The normalized spacial score (nSPS) is 30.1. The first kappa shape index (κ1) is 25.5. The van der Waals surface area contributed by atoms with Crippen molar-refractivity contribution >= 4 is 15.8 Å². The Bertz CT molecular complexity index is 409. The molecule has 0 aromatic carbocycles. The van der Waals surface area contributed by atoms with Crippen LogP contribution in [0.4, 0.5) is 0 Å². The summed E-state index contributed by atoms with van der Waals surface area (Å²) in [5, 5.41) is 0.907. The minimum absolute atomic E-state index is 0.359. The molecule has 2 bridgehead atoms. The van der Waals surface area contributed by atoms with Crippen LogP contribution in [0.5, 0.6) is 0 Å². The zero-order chi connectivity index (χ0) is 21.2. The molecule has 4 fully saturated rings. The Morgan fingerprint density at radius 1 is 0.600 bits per heavy atom. The Balaban J connectivity index is 0.000000220. The summed E-state index contributed by atoms with van der Waals surface area (Å²) in [6.07, 6.45) is 32.7. The molecule has 0 aromatic rings. The van der Waals surface area contributed by atoms with Gasteiger partial charge in [0.2, 0.25) is 0 Å². The Morgan fingerprint density at radius 3 is 1.37 bits per heavy atom. The summed E-state index contributed by atoms with van der Waals surface area (Å²) < 4.78 is 0. The highest BCUT2D eigenvalue weighted by Crippen LogP contribution is 2.73. The van der Waals surface area contributed by atoms with Crippen molar-refractivity contribution in [3.05, 3.63) is 0 Å². The maximum Gasteiger partial charge on any atom is -0.00866 e. The third-order valence-electron chi connectivity index (χ3n) is 8.81. The molecule has 0 amide bonds. The highest BCUT2D eigenvalue weighted by atomic mass is 31.1. The molecule has 0 nitrogen and oxygen atoms in total. The van der Waals surface area contributed by atoms with Gasteiger partial charge in [0, 0.05) is 0 Å². The van der Waals surface area contributed by atoms with E-state index in [4.69, 9.17) is 0 Å². The average Bonchev–Trinajstić information content (AvgIpc) is 3.38. The molecule has 0 atom stereocenters. The predicted molar refractivity (Wildman–Crippen MR) is 142 cm³/mol. The van der Waals surface area contributed by atoms with E-state index in [1.54, 1.807) is 96.3 Å². The lowest BCUT2D eigenvalue weighted by Gasteiger charge is -2.48. The van der Waals surface area contributed by atoms with Crippen LogP contribution in [-0.4, -0.2) is 35.0 Å². The fraction of sp³-hybridized carbons (Fsp3) is 1.00. The van der Waals surface area contributed by atoms with E-state index in [9.17, 15) is 0 Å². The molecule has 0 aromatic heterocycles. The van der Waals surface area contributed by atoms with E-state index < -0.39 is 0 Å². The van der Waals surface area contributed by atoms with Crippen molar-refractivity contribution in [2.24, 2.45) is 5.92 Å². The van der Waals surface area contributed by atoms with Crippen molar-refractivity contribution in [1.82, 2.24) is 0 Å². The van der Waals surface area contributed by atoms with Gasteiger partial charge >= 0.3 is 0 Å². The molecule has 0 N–H and O–H groups in total. The van der Waals surface area contributed by atoms with Crippen molar-refractivity contribution in [1.29, 1.82) is 0 Å². The average molecular weight is 453 g/mol. The van der Waals surface area contributed by atoms with Gasteiger partial charge in [0.25, 0.3) is 0 Å². The van der Waals surface area contributed by atoms with Crippen LogP contribution < -0.4 is 0 Å². The van der Waals surface area contributed by atoms with Gasteiger partial charge in [-0.15, -0.1) is 7.92 Å². The van der Waals surface area contributed by atoms with E-state index in [1.807, 2.05) is 0 Å². The van der Waals surface area contributed by atoms with Gasteiger partial charge in [0.15, 0.2) is 0 Å². The molecule has 2 heteroatoms. The molecule has 4 aliphatic rings. The van der Waals surface area contributed by atoms with Crippen LogP contribution in [0.3, 0.4) is 0 Å². The van der Waals surface area contributed by atoms with Crippen molar-refractivity contribution < 1.29 is 0 Å². The molecular weight excluding hydrogens is 398 g/mol. The maximum atomic E-state index is 2.31. The lowest BCUT2D eigenvalue weighted by Crippen LogP contribution is -2.33. The molecule has 0 heterocycles. The van der Waals surface area contributed by atoms with Crippen LogP contribution in [0.25, 0.3) is 0 Å². The van der Waals surface area contributed by atoms with E-state index in [0.29, 0.717) is 15.8 Å². The quantitative estimate of drug-likeness (QED) is 0.305. The van der Waals surface area contributed by atoms with Crippen LogP contribution in [0.2, 0.25) is 0 Å². The second-order valence-corrected chi connectivity index (χ2v) is 17.1. The van der Waals surface area contributed by atoms with Crippen LogP contribution in [0.1, 0.15) is 136 Å². The Labute approximate surface area is 193 Å². The van der Waals surface area contributed by atoms with Crippen LogP contribution in [-0.2, 0) is 0 Å². The zero-order valence-electron chi connectivity index (χ0n) is 21.0. The van der Waals surface area contributed by atoms with Crippen molar-refractivity contribution in [2.75, 3.05) is 18.5 Å². The van der Waals surface area contributed by atoms with Gasteiger partial charge in [-0.25, -0.2) is 0 Å². The van der Waals surface area contributed by atoms with Gasteiger partial charge in [0.1, 0.15) is 0 Å². The van der Waals surface area contributed by atoms with Crippen molar-refractivity contribution in [2.45, 2.75) is 153 Å². The summed E-state index contributed by atoms with van der Waals surface area (Å²) in [6.45, 7) is 6.92. The molecular formula is C28H54P2. The summed E-state index contributed by atoms with van der Waals surface area (Å²) in [5.74, 6) is 1.16. The van der Waals surface area contributed by atoms with Crippen LogP contribution >= 0.6 is 15.8 Å². The fourth-order valence-electron chi connectivity index (χ4n) is 7.60. The van der Waals surface area contributed by atoms with E-state index in [0.717, 1.165) is 11.1 Å². The van der Waals surface area contributed by atoms with E-state index in [-0.39, 0.29) is 0 Å². The third kappa shape index (κ3) is 6.93. The monoisotopic (exact) mass is 452 g/mol. The molecule has 4 saturated carbocycles. The summed E-state index contributed by atoms with van der Waals surface area (Å²) in [4.78, 5) is 0. The molecule has 176 valence electrons. The van der Waals surface area contributed by atoms with Crippen molar-refractivity contribution in [3.63, 3.8) is 0 Å². The van der Waals surface area contributed by atoms with Gasteiger partial charge in [-0.2, -0.15) is 0 Å². The summed E-state index contributed by atoms with van der Waals surface area (Å²) in [7, 11) is 0.798. The topological polar surface area (TPSA) is 0 Å². The SMILES string of the molecule is C1CCC(P(C2CCCCC2)C23CCC(CC2)C3)CC1.CCCP(CCC)CCC. The lowest BCUT2D eigenvalue weighted by molar-refractivity contribution is 0.455. The molecule has 0 aliphatic heterocycles. The van der Waals surface area contributed by atoms with Gasteiger partial charge in [0.05, 0.1) is 0 Å². The third-order valence-corrected chi connectivity index (χ3v) is 16.4. The van der Waals surface area contributed by atoms with Gasteiger partial charge < -0.3 is 0 Å². The first-order valence-electron chi connectivity index (χ1n) is 14.2. The highest BCUT2D eigenvalue weighted by molar-refractivity contribution is 7.61. The van der Waals surface area contributed by atoms with Gasteiger partial charge in [-0.3, -0.25) is 0 Å². The minimum atomic E-state index is 0.359. The Kier molecular flexibility index (Phi) is 11.5. The maximum absolute atomic E-state index is 2.31. The minimum Gasteiger partial charge on any atom is -0.107 e. The van der Waals surface area contributed by atoms with E-state index >= 15 is 0 Å². The number of hydrogen-bond donors (Lipinski definition) is 0. The largest absolute Gasteiger partial charge is 0.107 e. The number of rotatable bonds is 9. The summed E-state index contributed by atoms with van der Waals surface area (Å²) >= 11 is 0. The first-order valence-corrected chi connectivity index (χ1v) is 17.6. The highest BCUT2D eigenvalue weighted by Gasteiger charge is 2.53. The van der Waals surface area contributed by atoms with Crippen molar-refractivity contribution in [3.8, 4) is 0 Å². The number of hydrogen-bond acceptors (Lipinski definition) is 0. The van der Waals surface area contributed by atoms with E-state index in [1.165, 1.54) is 49.1 Å². The second-order valence-electron chi connectivity index (χ2n) is 11.2. The number of fused-ring (bicyclic) bond motifs is 2. The molecule has 0 saturated heterocycles. The van der Waals surface area contributed by atoms with Gasteiger partial charge in [-0.05, 0) is 98.7 Å². The molecule has 4 rings (SSSR count). The molecule has 30 heavy (non-hydrogen) atoms. The smallest absolute Gasteiger partial charge is 0.00866 e. The Hall–Kier alpha value is 0.860. The zero-order valence-corrected chi connectivity index (χ0v) is 22.8. The van der Waals surface area contributed by atoms with Crippen LogP contribution in [0.15, 0.2) is 0 Å². The van der Waals surface area contributed by atoms with Crippen LogP contribution in [0, 0.1) is 5.92 Å². The second kappa shape index (κ2) is 13.5. The molecule has 0 radical (unpaired) electrons. The van der Waals surface area contributed by atoms with Gasteiger partial charge in [-0.1, -0.05) is 86.5 Å². The summed E-state index contributed by atoms with van der Waals surface area (Å²) in [5.41, 5.74) is 2.39. The molecule has 4 aliphatic carbocycles. The predicted octanol–water partition coefficient (Wildman–Crippen LogP) is 10.2. The molecule has 0 unspecified atom stereocenters. The Morgan fingerprint density at radius 2 is 1.03 bits per heavy atom. The molecule has 0 spiro atoms. The summed E-state index contributed by atoms with van der Waals surface area (Å²) in [6, 6.07) is 0. The van der Waals surface area contributed by atoms with E-state index in [2.05, 4.69) is 20.8 Å².